The number of halogens is 1. The van der Waals surface area contributed by atoms with Crippen molar-refractivity contribution in [2.45, 2.75) is 19.8 Å². The zero-order valence-electron chi connectivity index (χ0n) is 9.77. The van der Waals surface area contributed by atoms with Crippen molar-refractivity contribution in [1.82, 2.24) is 10.1 Å². The average Bonchev–Trinajstić information content (AvgIpc) is 2.77. The Balaban J connectivity index is 2.37. The van der Waals surface area contributed by atoms with E-state index in [2.05, 4.69) is 26.1 Å². The van der Waals surface area contributed by atoms with Gasteiger partial charge in [-0.25, -0.2) is 0 Å². The molecule has 90 valence electrons. The summed E-state index contributed by atoms with van der Waals surface area (Å²) in [5, 5.41) is 3.99. The number of hydrogen-bond acceptors (Lipinski definition) is 4. The topological polar surface area (TPSA) is 64.9 Å². The molecule has 1 atom stereocenters. The second-order valence-corrected chi connectivity index (χ2v) is 4.97. The molecule has 0 radical (unpaired) electrons. The van der Waals surface area contributed by atoms with E-state index in [1.54, 1.807) is 0 Å². The first kappa shape index (κ1) is 12.3. The van der Waals surface area contributed by atoms with Crippen molar-refractivity contribution < 1.29 is 4.52 Å². The van der Waals surface area contributed by atoms with Crippen LogP contribution < -0.4 is 5.73 Å². The molecule has 4 nitrogen and oxygen atoms in total. The molecule has 1 aromatic carbocycles. The summed E-state index contributed by atoms with van der Waals surface area (Å²) in [6, 6.07) is 5.96. The lowest BCUT2D eigenvalue weighted by molar-refractivity contribution is 0.361. The van der Waals surface area contributed by atoms with Crippen LogP contribution in [0.3, 0.4) is 0 Å². The van der Waals surface area contributed by atoms with Crippen LogP contribution in [0.1, 0.15) is 24.3 Å². The van der Waals surface area contributed by atoms with Gasteiger partial charge in [0, 0.05) is 22.5 Å². The fraction of sp³-hybridized carbons (Fsp3) is 0.333. The Labute approximate surface area is 108 Å². The maximum atomic E-state index is 5.57. The van der Waals surface area contributed by atoms with E-state index < -0.39 is 0 Å². The summed E-state index contributed by atoms with van der Waals surface area (Å²) in [5.74, 6) is 1.29. The fourth-order valence-electron chi connectivity index (χ4n) is 1.52. The van der Waals surface area contributed by atoms with Crippen LogP contribution in [0.5, 0.6) is 0 Å². The lowest BCUT2D eigenvalue weighted by Gasteiger charge is -2.01. The molecule has 0 bridgehead atoms. The maximum Gasteiger partial charge on any atom is 0.231 e. The summed E-state index contributed by atoms with van der Waals surface area (Å²) in [7, 11) is 0. The van der Waals surface area contributed by atoms with Crippen LogP contribution in [-0.2, 0) is 0 Å². The second kappa shape index (κ2) is 4.98. The van der Waals surface area contributed by atoms with Gasteiger partial charge in [0.05, 0.1) is 0 Å². The summed E-state index contributed by atoms with van der Waals surface area (Å²) < 4.78 is 6.24. The van der Waals surface area contributed by atoms with Gasteiger partial charge in [-0.1, -0.05) is 28.0 Å². The van der Waals surface area contributed by atoms with Gasteiger partial charge in [0.15, 0.2) is 0 Å². The van der Waals surface area contributed by atoms with Gasteiger partial charge in [-0.2, -0.15) is 4.98 Å². The van der Waals surface area contributed by atoms with E-state index >= 15 is 0 Å². The third-order valence-corrected chi connectivity index (χ3v) is 3.14. The molecule has 2 rings (SSSR count). The van der Waals surface area contributed by atoms with Crippen molar-refractivity contribution in [2.75, 3.05) is 6.54 Å². The molecule has 1 aromatic heterocycles. The number of benzene rings is 1. The molecule has 17 heavy (non-hydrogen) atoms. The van der Waals surface area contributed by atoms with Gasteiger partial charge < -0.3 is 10.3 Å². The van der Waals surface area contributed by atoms with Crippen molar-refractivity contribution >= 4 is 15.9 Å². The molecule has 0 fully saturated rings. The molecule has 0 amide bonds. The molecule has 1 heterocycles. The zero-order valence-corrected chi connectivity index (χ0v) is 11.4. The Morgan fingerprint density at radius 1 is 1.47 bits per heavy atom. The Kier molecular flexibility index (Phi) is 3.59. The Morgan fingerprint density at radius 3 is 2.88 bits per heavy atom. The fourth-order valence-corrected chi connectivity index (χ4v) is 2.00. The molecular formula is C12H14BrN3O. The molecule has 0 spiro atoms. The molecule has 1 unspecified atom stereocenters. The van der Waals surface area contributed by atoms with Gasteiger partial charge in [0.2, 0.25) is 11.7 Å². The lowest BCUT2D eigenvalue weighted by atomic mass is 10.1. The second-order valence-electron chi connectivity index (χ2n) is 4.05. The number of nitrogens with two attached hydrogens (primary N) is 1. The standard InChI is InChI=1S/C12H14BrN3O/c1-7-5-9(13)3-4-10(7)11-15-12(17-16-11)8(2)6-14/h3-5,8H,6,14H2,1-2H3. The van der Waals surface area contributed by atoms with E-state index in [9.17, 15) is 0 Å². The minimum atomic E-state index is 0.0898. The summed E-state index contributed by atoms with van der Waals surface area (Å²) in [4.78, 5) is 4.37. The quantitative estimate of drug-likeness (QED) is 0.946. The molecule has 0 saturated heterocycles. The average molecular weight is 296 g/mol. The SMILES string of the molecule is Cc1cc(Br)ccc1-c1noc(C(C)CN)n1. The normalized spacial score (nSPS) is 12.7. The highest BCUT2D eigenvalue weighted by Crippen LogP contribution is 2.25. The largest absolute Gasteiger partial charge is 0.339 e. The summed E-state index contributed by atoms with van der Waals surface area (Å²) in [5.41, 5.74) is 7.65. The van der Waals surface area contributed by atoms with E-state index in [0.29, 0.717) is 18.3 Å². The summed E-state index contributed by atoms with van der Waals surface area (Å²) in [6.45, 7) is 4.48. The molecule has 2 N–H and O–H groups in total. The lowest BCUT2D eigenvalue weighted by Crippen LogP contribution is -2.08. The van der Waals surface area contributed by atoms with Crippen molar-refractivity contribution in [2.24, 2.45) is 5.73 Å². The van der Waals surface area contributed by atoms with Gasteiger partial charge in [0.1, 0.15) is 0 Å². The molecule has 0 aliphatic carbocycles. The first-order valence-corrected chi connectivity index (χ1v) is 6.21. The monoisotopic (exact) mass is 295 g/mol. The molecular weight excluding hydrogens is 282 g/mol. The Hall–Kier alpha value is -1.20. The van der Waals surface area contributed by atoms with E-state index in [-0.39, 0.29) is 5.92 Å². The Bertz CT molecular complexity index is 524. The van der Waals surface area contributed by atoms with Crippen LogP contribution in [0.15, 0.2) is 27.2 Å². The molecule has 5 heteroatoms. The third-order valence-electron chi connectivity index (χ3n) is 2.65. The number of aryl methyl sites for hydroxylation is 1. The highest BCUT2D eigenvalue weighted by atomic mass is 79.9. The van der Waals surface area contributed by atoms with E-state index in [4.69, 9.17) is 10.3 Å². The van der Waals surface area contributed by atoms with Crippen LogP contribution >= 0.6 is 15.9 Å². The predicted molar refractivity (Wildman–Crippen MR) is 69.6 cm³/mol. The van der Waals surface area contributed by atoms with E-state index in [1.807, 2.05) is 32.0 Å². The number of rotatable bonds is 3. The van der Waals surface area contributed by atoms with E-state index in [1.165, 1.54) is 0 Å². The van der Waals surface area contributed by atoms with Crippen molar-refractivity contribution in [3.63, 3.8) is 0 Å². The third kappa shape index (κ3) is 2.56. The van der Waals surface area contributed by atoms with Crippen molar-refractivity contribution in [3.8, 4) is 11.4 Å². The molecule has 0 aliphatic rings. The van der Waals surface area contributed by atoms with E-state index in [0.717, 1.165) is 15.6 Å². The smallest absolute Gasteiger partial charge is 0.231 e. The number of hydrogen-bond donors (Lipinski definition) is 1. The van der Waals surface area contributed by atoms with Crippen LogP contribution in [0.2, 0.25) is 0 Å². The number of aromatic nitrogens is 2. The zero-order chi connectivity index (χ0) is 12.4. The first-order valence-electron chi connectivity index (χ1n) is 5.42. The van der Waals surface area contributed by atoms with Gasteiger partial charge in [-0.3, -0.25) is 0 Å². The van der Waals surface area contributed by atoms with Crippen LogP contribution in [0, 0.1) is 6.92 Å². The molecule has 0 saturated carbocycles. The molecule has 2 aromatic rings. The predicted octanol–water partition coefficient (Wildman–Crippen LogP) is 2.87. The van der Waals surface area contributed by atoms with Gasteiger partial charge in [0.25, 0.3) is 0 Å². The van der Waals surface area contributed by atoms with Crippen LogP contribution in [0.25, 0.3) is 11.4 Å². The van der Waals surface area contributed by atoms with Crippen molar-refractivity contribution in [1.29, 1.82) is 0 Å². The van der Waals surface area contributed by atoms with Gasteiger partial charge in [-0.05, 0) is 30.7 Å². The van der Waals surface area contributed by atoms with Crippen LogP contribution in [0.4, 0.5) is 0 Å². The minimum absolute atomic E-state index is 0.0898. The highest BCUT2D eigenvalue weighted by molar-refractivity contribution is 9.10. The van der Waals surface area contributed by atoms with Gasteiger partial charge >= 0.3 is 0 Å². The minimum Gasteiger partial charge on any atom is -0.339 e. The molecule has 0 aliphatic heterocycles. The maximum absolute atomic E-state index is 5.57. The van der Waals surface area contributed by atoms with Crippen molar-refractivity contribution in [3.05, 3.63) is 34.1 Å². The number of nitrogens with zero attached hydrogens (tertiary/aromatic N) is 2. The summed E-state index contributed by atoms with van der Waals surface area (Å²) >= 11 is 3.43. The summed E-state index contributed by atoms with van der Waals surface area (Å²) in [6.07, 6.45) is 0. The van der Waals surface area contributed by atoms with Crippen LogP contribution in [-0.4, -0.2) is 16.7 Å². The highest BCUT2D eigenvalue weighted by Gasteiger charge is 2.14. The first-order chi connectivity index (χ1) is 8.11. The van der Waals surface area contributed by atoms with Gasteiger partial charge in [-0.15, -0.1) is 0 Å². The Morgan fingerprint density at radius 2 is 2.24 bits per heavy atom.